The number of nitrogens with zero attached hydrogens (tertiary/aromatic N) is 6. The molecule has 3 aromatic rings. The summed E-state index contributed by atoms with van der Waals surface area (Å²) in [5, 5.41) is 22.0. The predicted molar refractivity (Wildman–Crippen MR) is 118 cm³/mol. The minimum atomic E-state index is -2.80. The number of aromatic nitrogens is 4. The van der Waals surface area contributed by atoms with Crippen LogP contribution in [-0.4, -0.2) is 49.4 Å². The minimum absolute atomic E-state index is 0.0385. The molecule has 2 N–H and O–H groups in total. The van der Waals surface area contributed by atoms with E-state index in [4.69, 9.17) is 0 Å². The molecule has 0 radical (unpaired) electrons. The number of piperidine rings is 1. The Balaban J connectivity index is 1.83. The van der Waals surface area contributed by atoms with Crippen LogP contribution in [0.4, 0.5) is 20.4 Å². The van der Waals surface area contributed by atoms with Gasteiger partial charge in [0.25, 0.3) is 11.5 Å². The van der Waals surface area contributed by atoms with E-state index in [9.17, 15) is 28.7 Å². The maximum atomic E-state index is 13.7. The highest BCUT2D eigenvalue weighted by atomic mass is 19.3. The topological polar surface area (TPSA) is 137 Å². The molecule has 10 nitrogen and oxygen atoms in total. The van der Waals surface area contributed by atoms with Crippen molar-refractivity contribution in [1.29, 1.82) is 5.26 Å². The number of carboxylic acids is 1. The van der Waals surface area contributed by atoms with Gasteiger partial charge in [0, 0.05) is 50.1 Å². The van der Waals surface area contributed by atoms with E-state index in [0.29, 0.717) is 11.1 Å². The first-order valence-electron chi connectivity index (χ1n) is 10.5. The van der Waals surface area contributed by atoms with E-state index in [-0.39, 0.29) is 41.6 Å². The zero-order valence-electron chi connectivity index (χ0n) is 18.4. The highest BCUT2D eigenvalue weighted by molar-refractivity contribution is 5.90. The Hall–Kier alpha value is -4.14. The van der Waals surface area contributed by atoms with Crippen molar-refractivity contribution in [2.45, 2.75) is 38.7 Å². The van der Waals surface area contributed by atoms with Crippen LogP contribution in [0.2, 0.25) is 0 Å². The lowest BCUT2D eigenvalue weighted by molar-refractivity contribution is -0.0221. The summed E-state index contributed by atoms with van der Waals surface area (Å²) < 4.78 is 28.6. The standard InChI is InChI=1S/C22H21F2N7O3/c1-12-9-14(13(2)28-17-16(21(33)34)26-5-6-27-17)19-29-18(15(10-25)20(32)31(19)11-12)30-7-3-22(23,24)4-8-30/h5-6,9,11,13H,3-4,7-8H2,1-2H3,(H,27,28)(H,33,34)/t13-/m1/s1. The van der Waals surface area contributed by atoms with Crippen LogP contribution < -0.4 is 15.8 Å². The van der Waals surface area contributed by atoms with Crippen molar-refractivity contribution in [2.75, 3.05) is 23.3 Å². The number of hydrogen-bond donors (Lipinski definition) is 2. The number of aromatic carboxylic acids is 1. The molecule has 176 valence electrons. The van der Waals surface area contributed by atoms with Gasteiger partial charge in [-0.25, -0.2) is 28.5 Å². The van der Waals surface area contributed by atoms with Gasteiger partial charge in [-0.3, -0.25) is 9.20 Å². The van der Waals surface area contributed by atoms with Crippen molar-refractivity contribution in [3.05, 3.63) is 57.4 Å². The Morgan fingerprint density at radius 3 is 2.62 bits per heavy atom. The number of fused-ring (bicyclic) bond motifs is 1. The fourth-order valence-electron chi connectivity index (χ4n) is 3.97. The van der Waals surface area contributed by atoms with Crippen LogP contribution in [0, 0.1) is 18.3 Å². The first-order chi connectivity index (χ1) is 16.1. The summed E-state index contributed by atoms with van der Waals surface area (Å²) in [5.41, 5.74) is 0.365. The Kier molecular flexibility index (Phi) is 5.87. The van der Waals surface area contributed by atoms with Gasteiger partial charge in [-0.15, -0.1) is 0 Å². The second-order valence-corrected chi connectivity index (χ2v) is 8.16. The van der Waals surface area contributed by atoms with E-state index in [1.165, 1.54) is 21.7 Å². The number of rotatable bonds is 5. The van der Waals surface area contributed by atoms with Crippen LogP contribution in [0.25, 0.3) is 5.65 Å². The first-order valence-corrected chi connectivity index (χ1v) is 10.5. The summed E-state index contributed by atoms with van der Waals surface area (Å²) in [7, 11) is 0. The van der Waals surface area contributed by atoms with Gasteiger partial charge in [0.1, 0.15) is 11.7 Å². The molecule has 1 saturated heterocycles. The molecule has 0 saturated carbocycles. The summed E-state index contributed by atoms with van der Waals surface area (Å²) in [4.78, 5) is 38.7. The Labute approximate surface area is 192 Å². The fourth-order valence-corrected chi connectivity index (χ4v) is 3.97. The fraction of sp³-hybridized carbons (Fsp3) is 0.364. The van der Waals surface area contributed by atoms with Crippen molar-refractivity contribution in [3.63, 3.8) is 0 Å². The van der Waals surface area contributed by atoms with Gasteiger partial charge in [0.05, 0.1) is 6.04 Å². The SMILES string of the molecule is Cc1cc([C@@H](C)Nc2nccnc2C(=O)O)c2nc(N3CCC(F)(F)CC3)c(C#N)c(=O)n2c1. The van der Waals surface area contributed by atoms with E-state index in [0.717, 1.165) is 0 Å². The second-order valence-electron chi connectivity index (χ2n) is 8.16. The van der Waals surface area contributed by atoms with Crippen LogP contribution in [0.3, 0.4) is 0 Å². The molecule has 12 heteroatoms. The summed E-state index contributed by atoms with van der Waals surface area (Å²) in [5.74, 6) is -3.95. The smallest absolute Gasteiger partial charge is 0.358 e. The van der Waals surface area contributed by atoms with E-state index >= 15 is 0 Å². The predicted octanol–water partition coefficient (Wildman–Crippen LogP) is 2.77. The quantitative estimate of drug-likeness (QED) is 0.578. The third kappa shape index (κ3) is 4.24. The molecular weight excluding hydrogens is 448 g/mol. The molecule has 0 spiro atoms. The van der Waals surface area contributed by atoms with Gasteiger partial charge in [0.2, 0.25) is 0 Å². The molecular formula is C22H21F2N7O3. The molecule has 1 atom stereocenters. The average Bonchev–Trinajstić information content (AvgIpc) is 2.79. The highest BCUT2D eigenvalue weighted by Gasteiger charge is 2.35. The van der Waals surface area contributed by atoms with E-state index in [2.05, 4.69) is 20.3 Å². The van der Waals surface area contributed by atoms with Gasteiger partial charge in [-0.05, 0) is 25.5 Å². The van der Waals surface area contributed by atoms with E-state index < -0.39 is 36.3 Å². The van der Waals surface area contributed by atoms with Crippen LogP contribution >= 0.6 is 0 Å². The van der Waals surface area contributed by atoms with Crippen LogP contribution in [0.5, 0.6) is 0 Å². The molecule has 0 aliphatic carbocycles. The van der Waals surface area contributed by atoms with Crippen molar-refractivity contribution in [2.24, 2.45) is 0 Å². The van der Waals surface area contributed by atoms with E-state index in [1.54, 1.807) is 26.1 Å². The van der Waals surface area contributed by atoms with Crippen molar-refractivity contribution >= 4 is 23.3 Å². The molecule has 34 heavy (non-hydrogen) atoms. The molecule has 1 fully saturated rings. The zero-order valence-corrected chi connectivity index (χ0v) is 18.4. The van der Waals surface area contributed by atoms with E-state index in [1.807, 2.05) is 6.07 Å². The summed E-state index contributed by atoms with van der Waals surface area (Å²) in [6.07, 6.45) is 3.35. The monoisotopic (exact) mass is 469 g/mol. The van der Waals surface area contributed by atoms with Crippen molar-refractivity contribution in [1.82, 2.24) is 19.4 Å². The third-order valence-electron chi connectivity index (χ3n) is 5.70. The lowest BCUT2D eigenvalue weighted by Crippen LogP contribution is -2.41. The largest absolute Gasteiger partial charge is 0.476 e. The number of aryl methyl sites for hydroxylation is 1. The summed E-state index contributed by atoms with van der Waals surface area (Å²) >= 11 is 0. The third-order valence-corrected chi connectivity index (χ3v) is 5.70. The molecule has 0 amide bonds. The van der Waals surface area contributed by atoms with Gasteiger partial charge in [0.15, 0.2) is 22.9 Å². The van der Waals surface area contributed by atoms with Gasteiger partial charge >= 0.3 is 5.97 Å². The van der Waals surface area contributed by atoms with Crippen molar-refractivity contribution in [3.8, 4) is 6.07 Å². The Morgan fingerprint density at radius 2 is 1.97 bits per heavy atom. The molecule has 4 heterocycles. The molecule has 0 bridgehead atoms. The number of carboxylic acid groups (broad SMARTS) is 1. The molecule has 1 aliphatic rings. The average molecular weight is 469 g/mol. The Morgan fingerprint density at radius 1 is 1.29 bits per heavy atom. The number of alkyl halides is 2. The highest BCUT2D eigenvalue weighted by Crippen LogP contribution is 2.31. The number of anilines is 2. The molecule has 4 rings (SSSR count). The van der Waals surface area contributed by atoms with Crippen LogP contribution in [0.1, 0.15) is 53.0 Å². The zero-order chi connectivity index (χ0) is 24.6. The van der Waals surface area contributed by atoms with Crippen LogP contribution in [0.15, 0.2) is 29.5 Å². The lowest BCUT2D eigenvalue weighted by atomic mass is 10.1. The number of halogens is 2. The maximum Gasteiger partial charge on any atom is 0.358 e. The Bertz CT molecular complexity index is 1370. The van der Waals surface area contributed by atoms with Crippen LogP contribution in [-0.2, 0) is 0 Å². The van der Waals surface area contributed by atoms with Gasteiger partial charge < -0.3 is 15.3 Å². The number of hydrogen-bond acceptors (Lipinski definition) is 8. The molecule has 0 unspecified atom stereocenters. The number of pyridine rings is 1. The second kappa shape index (κ2) is 8.66. The van der Waals surface area contributed by atoms with Gasteiger partial charge in [-0.1, -0.05) is 0 Å². The minimum Gasteiger partial charge on any atom is -0.476 e. The maximum absolute atomic E-state index is 13.7. The molecule has 0 aromatic carbocycles. The number of carbonyl (C=O) groups is 1. The van der Waals surface area contributed by atoms with Gasteiger partial charge in [-0.2, -0.15) is 5.26 Å². The number of nitrogens with one attached hydrogen (secondary N) is 1. The first kappa shape index (κ1) is 23.0. The summed E-state index contributed by atoms with van der Waals surface area (Å²) in [6, 6.07) is 3.09. The molecule has 3 aromatic heterocycles. The van der Waals surface area contributed by atoms with Crippen molar-refractivity contribution < 1.29 is 18.7 Å². The normalized spacial score (nSPS) is 16.1. The molecule has 1 aliphatic heterocycles. The lowest BCUT2D eigenvalue weighted by Gasteiger charge is -2.33. The summed E-state index contributed by atoms with van der Waals surface area (Å²) in [6.45, 7) is 3.42. The number of nitriles is 1.